The molecule has 90 valence electrons. The van der Waals surface area contributed by atoms with Crippen molar-refractivity contribution in [2.24, 2.45) is 0 Å². The molecule has 0 bridgehead atoms. The van der Waals surface area contributed by atoms with Crippen LogP contribution in [0.15, 0.2) is 24.5 Å². The van der Waals surface area contributed by atoms with Gasteiger partial charge in [0.1, 0.15) is 0 Å². The lowest BCUT2D eigenvalue weighted by Gasteiger charge is -2.14. The van der Waals surface area contributed by atoms with Gasteiger partial charge in [0, 0.05) is 22.8 Å². The van der Waals surface area contributed by atoms with E-state index < -0.39 is 0 Å². The summed E-state index contributed by atoms with van der Waals surface area (Å²) in [5, 5.41) is 3.22. The highest BCUT2D eigenvalue weighted by molar-refractivity contribution is 7.16. The van der Waals surface area contributed by atoms with Crippen LogP contribution in [0.1, 0.15) is 16.5 Å². The second kappa shape index (κ2) is 5.44. The zero-order valence-corrected chi connectivity index (χ0v) is 11.0. The highest BCUT2D eigenvalue weighted by atomic mass is 35.5. The summed E-state index contributed by atoms with van der Waals surface area (Å²) >= 11 is 7.48. The van der Waals surface area contributed by atoms with E-state index in [1.807, 2.05) is 19.2 Å². The van der Waals surface area contributed by atoms with Crippen LogP contribution in [0, 0.1) is 0 Å². The van der Waals surface area contributed by atoms with E-state index >= 15 is 0 Å². The quantitative estimate of drug-likeness (QED) is 0.927. The second-order valence-corrected chi connectivity index (χ2v) is 5.11. The van der Waals surface area contributed by atoms with Crippen LogP contribution in [0.25, 0.3) is 0 Å². The molecule has 1 N–H and O–H groups in total. The molecule has 0 saturated carbocycles. The van der Waals surface area contributed by atoms with Crippen molar-refractivity contribution in [3.8, 4) is 6.01 Å². The van der Waals surface area contributed by atoms with E-state index in [9.17, 15) is 0 Å². The minimum Gasteiger partial charge on any atom is -0.467 e. The first-order chi connectivity index (χ1) is 8.24. The first-order valence-electron chi connectivity index (χ1n) is 5.03. The van der Waals surface area contributed by atoms with E-state index in [2.05, 4.69) is 15.3 Å². The Morgan fingerprint density at radius 3 is 2.53 bits per heavy atom. The maximum atomic E-state index is 5.94. The van der Waals surface area contributed by atoms with Gasteiger partial charge in [-0.05, 0) is 19.2 Å². The number of methoxy groups -OCH3 is 1. The van der Waals surface area contributed by atoms with Crippen molar-refractivity contribution in [1.82, 2.24) is 15.3 Å². The second-order valence-electron chi connectivity index (χ2n) is 3.37. The lowest BCUT2D eigenvalue weighted by Crippen LogP contribution is -2.17. The van der Waals surface area contributed by atoms with Crippen LogP contribution in [-0.4, -0.2) is 24.1 Å². The summed E-state index contributed by atoms with van der Waals surface area (Å²) in [4.78, 5) is 9.32. The number of halogens is 1. The van der Waals surface area contributed by atoms with Crippen LogP contribution in [0.3, 0.4) is 0 Å². The van der Waals surface area contributed by atoms with Crippen LogP contribution in [-0.2, 0) is 0 Å². The Morgan fingerprint density at radius 2 is 2.06 bits per heavy atom. The van der Waals surface area contributed by atoms with E-state index in [1.165, 1.54) is 0 Å². The Bertz CT molecular complexity index is 486. The normalized spacial score (nSPS) is 12.4. The third-order valence-electron chi connectivity index (χ3n) is 2.33. The molecular formula is C11H12ClN3OS. The fraction of sp³-hybridized carbons (Fsp3) is 0.273. The topological polar surface area (TPSA) is 47.0 Å². The molecule has 0 aromatic carbocycles. The number of thiophene rings is 1. The van der Waals surface area contributed by atoms with Crippen molar-refractivity contribution in [2.75, 3.05) is 14.2 Å². The Hall–Kier alpha value is -1.17. The predicted octanol–water partition coefficient (Wildman–Crippen LogP) is 2.51. The average Bonchev–Trinajstić information content (AvgIpc) is 2.78. The number of nitrogens with zero attached hydrogens (tertiary/aromatic N) is 2. The van der Waals surface area contributed by atoms with Crippen molar-refractivity contribution >= 4 is 22.9 Å². The largest absolute Gasteiger partial charge is 0.467 e. The van der Waals surface area contributed by atoms with Gasteiger partial charge in [0.15, 0.2) is 0 Å². The minimum atomic E-state index is 0.0541. The van der Waals surface area contributed by atoms with Crippen LogP contribution in [0.5, 0.6) is 6.01 Å². The van der Waals surface area contributed by atoms with Gasteiger partial charge in [-0.25, -0.2) is 9.97 Å². The van der Waals surface area contributed by atoms with Gasteiger partial charge in [-0.3, -0.25) is 0 Å². The fourth-order valence-corrected chi connectivity index (χ4v) is 2.74. The molecule has 0 spiro atoms. The average molecular weight is 270 g/mol. The number of nitrogens with one attached hydrogen (secondary N) is 1. The lowest BCUT2D eigenvalue weighted by atomic mass is 10.1. The molecule has 2 heterocycles. The molecular weight excluding hydrogens is 258 g/mol. The summed E-state index contributed by atoms with van der Waals surface area (Å²) in [5.74, 6) is 0. The van der Waals surface area contributed by atoms with Crippen molar-refractivity contribution in [3.63, 3.8) is 0 Å². The van der Waals surface area contributed by atoms with Gasteiger partial charge in [0.25, 0.3) is 0 Å². The van der Waals surface area contributed by atoms with Crippen LogP contribution in [0.4, 0.5) is 0 Å². The Morgan fingerprint density at radius 1 is 1.35 bits per heavy atom. The molecule has 0 fully saturated rings. The summed E-state index contributed by atoms with van der Waals surface area (Å²) in [6.07, 6.45) is 3.50. The van der Waals surface area contributed by atoms with Crippen LogP contribution in [0.2, 0.25) is 4.34 Å². The van der Waals surface area contributed by atoms with E-state index in [1.54, 1.807) is 30.8 Å². The Kier molecular flexibility index (Phi) is 3.93. The van der Waals surface area contributed by atoms with Gasteiger partial charge < -0.3 is 10.1 Å². The third kappa shape index (κ3) is 2.74. The molecule has 1 atom stereocenters. The van der Waals surface area contributed by atoms with E-state index in [0.29, 0.717) is 6.01 Å². The minimum absolute atomic E-state index is 0.0541. The SMILES string of the molecule is CNC(c1cnc(OC)nc1)c1ccc(Cl)s1. The molecule has 1 unspecified atom stereocenters. The van der Waals surface area contributed by atoms with E-state index in [-0.39, 0.29) is 6.04 Å². The molecule has 2 aromatic rings. The number of hydrogen-bond acceptors (Lipinski definition) is 5. The van der Waals surface area contributed by atoms with Crippen molar-refractivity contribution in [1.29, 1.82) is 0 Å². The summed E-state index contributed by atoms with van der Waals surface area (Å²) in [6.45, 7) is 0. The predicted molar refractivity (Wildman–Crippen MR) is 68.8 cm³/mol. The number of ether oxygens (including phenoxy) is 1. The Labute approximate surface area is 109 Å². The molecule has 2 rings (SSSR count). The molecule has 0 saturated heterocycles. The fourth-order valence-electron chi connectivity index (χ4n) is 1.54. The first-order valence-corrected chi connectivity index (χ1v) is 6.22. The first kappa shape index (κ1) is 12.3. The molecule has 0 aliphatic heterocycles. The van der Waals surface area contributed by atoms with Crippen molar-refractivity contribution in [2.45, 2.75) is 6.04 Å². The maximum Gasteiger partial charge on any atom is 0.316 e. The van der Waals surface area contributed by atoms with Gasteiger partial charge in [-0.15, -0.1) is 11.3 Å². The third-order valence-corrected chi connectivity index (χ3v) is 3.63. The number of rotatable bonds is 4. The summed E-state index contributed by atoms with van der Waals surface area (Å²) in [7, 11) is 3.44. The van der Waals surface area contributed by atoms with E-state index in [0.717, 1.165) is 14.8 Å². The highest BCUT2D eigenvalue weighted by Gasteiger charge is 2.15. The standard InChI is InChI=1S/C11H12ClN3OS/c1-13-10(8-3-4-9(12)17-8)7-5-14-11(16-2)15-6-7/h3-6,10,13H,1-2H3. The molecule has 0 aliphatic carbocycles. The van der Waals surface area contributed by atoms with Gasteiger partial charge in [0.2, 0.25) is 0 Å². The molecule has 0 radical (unpaired) electrons. The van der Waals surface area contributed by atoms with E-state index in [4.69, 9.17) is 16.3 Å². The van der Waals surface area contributed by atoms with Gasteiger partial charge in [-0.1, -0.05) is 11.6 Å². The molecule has 0 aliphatic rings. The van der Waals surface area contributed by atoms with Crippen LogP contribution < -0.4 is 10.1 Å². The van der Waals surface area contributed by atoms with Crippen molar-refractivity contribution < 1.29 is 4.74 Å². The maximum absolute atomic E-state index is 5.94. The van der Waals surface area contributed by atoms with Crippen molar-refractivity contribution in [3.05, 3.63) is 39.3 Å². The molecule has 6 heteroatoms. The van der Waals surface area contributed by atoms with Gasteiger partial charge in [-0.2, -0.15) is 0 Å². The lowest BCUT2D eigenvalue weighted by molar-refractivity contribution is 0.379. The summed E-state index contributed by atoms with van der Waals surface area (Å²) in [6, 6.07) is 4.31. The van der Waals surface area contributed by atoms with Crippen LogP contribution >= 0.6 is 22.9 Å². The summed E-state index contributed by atoms with van der Waals surface area (Å²) < 4.78 is 5.70. The summed E-state index contributed by atoms with van der Waals surface area (Å²) in [5.41, 5.74) is 0.979. The number of aromatic nitrogens is 2. The zero-order valence-electron chi connectivity index (χ0n) is 9.48. The molecule has 4 nitrogen and oxygen atoms in total. The molecule has 2 aromatic heterocycles. The molecule has 0 amide bonds. The Balaban J connectivity index is 2.28. The smallest absolute Gasteiger partial charge is 0.316 e. The monoisotopic (exact) mass is 269 g/mol. The highest BCUT2D eigenvalue weighted by Crippen LogP contribution is 2.30. The molecule has 17 heavy (non-hydrogen) atoms. The van der Waals surface area contributed by atoms with Gasteiger partial charge >= 0.3 is 6.01 Å². The zero-order chi connectivity index (χ0) is 12.3. The number of hydrogen-bond donors (Lipinski definition) is 1. The van der Waals surface area contributed by atoms with Gasteiger partial charge in [0.05, 0.1) is 17.5 Å².